The number of pyridine rings is 1. The van der Waals surface area contributed by atoms with Crippen molar-refractivity contribution in [2.24, 2.45) is 11.3 Å². The Balaban J connectivity index is 2.58. The van der Waals surface area contributed by atoms with Crippen LogP contribution >= 0.6 is 0 Å². The van der Waals surface area contributed by atoms with Crippen molar-refractivity contribution < 1.29 is 4.79 Å². The first-order valence-electron chi connectivity index (χ1n) is 5.79. The van der Waals surface area contributed by atoms with Crippen molar-refractivity contribution in [3.05, 3.63) is 24.0 Å². The monoisotopic (exact) mass is 235 g/mol. The highest BCUT2D eigenvalue weighted by Crippen LogP contribution is 2.25. The zero-order valence-corrected chi connectivity index (χ0v) is 10.9. The Labute approximate surface area is 103 Å². The number of nitrogen functional groups attached to an aromatic ring is 1. The van der Waals surface area contributed by atoms with E-state index in [9.17, 15) is 4.79 Å². The van der Waals surface area contributed by atoms with Gasteiger partial charge in [-0.15, -0.1) is 0 Å². The summed E-state index contributed by atoms with van der Waals surface area (Å²) in [5, 5.41) is 2.86. The van der Waals surface area contributed by atoms with E-state index >= 15 is 0 Å². The molecule has 1 aromatic heterocycles. The molecule has 0 saturated carbocycles. The van der Waals surface area contributed by atoms with E-state index in [1.54, 1.807) is 18.3 Å². The lowest BCUT2D eigenvalue weighted by molar-refractivity contribution is -0.127. The third-order valence-corrected chi connectivity index (χ3v) is 3.05. The number of anilines is 1. The first-order valence-corrected chi connectivity index (χ1v) is 5.79. The molecular formula is C13H21N3O. The van der Waals surface area contributed by atoms with Crippen molar-refractivity contribution in [1.29, 1.82) is 0 Å². The Morgan fingerprint density at radius 2 is 2.18 bits per heavy atom. The summed E-state index contributed by atoms with van der Waals surface area (Å²) in [7, 11) is 0. The molecule has 0 radical (unpaired) electrons. The SMILES string of the molecule is CC(C(=O)NCc1ncccc1N)C(C)(C)C. The molecule has 4 nitrogen and oxygen atoms in total. The van der Waals surface area contributed by atoms with Gasteiger partial charge in [0.1, 0.15) is 0 Å². The predicted octanol–water partition coefficient (Wildman–Crippen LogP) is 1.96. The highest BCUT2D eigenvalue weighted by atomic mass is 16.1. The fourth-order valence-electron chi connectivity index (χ4n) is 1.32. The van der Waals surface area contributed by atoms with Crippen LogP contribution in [0.3, 0.4) is 0 Å². The van der Waals surface area contributed by atoms with Crippen molar-refractivity contribution >= 4 is 11.6 Å². The summed E-state index contributed by atoms with van der Waals surface area (Å²) in [6.45, 7) is 8.45. The number of amides is 1. The summed E-state index contributed by atoms with van der Waals surface area (Å²) in [6, 6.07) is 3.56. The summed E-state index contributed by atoms with van der Waals surface area (Å²) in [6.07, 6.45) is 1.67. The molecule has 3 N–H and O–H groups in total. The molecule has 0 bridgehead atoms. The van der Waals surface area contributed by atoms with E-state index in [0.717, 1.165) is 0 Å². The van der Waals surface area contributed by atoms with Gasteiger partial charge >= 0.3 is 0 Å². The molecule has 1 aromatic rings. The number of nitrogens with two attached hydrogens (primary N) is 1. The summed E-state index contributed by atoms with van der Waals surface area (Å²) in [5.41, 5.74) is 7.03. The van der Waals surface area contributed by atoms with E-state index in [4.69, 9.17) is 5.73 Å². The Morgan fingerprint density at radius 3 is 2.71 bits per heavy atom. The Hall–Kier alpha value is -1.58. The molecule has 17 heavy (non-hydrogen) atoms. The number of hydrogen-bond donors (Lipinski definition) is 2. The molecule has 0 aromatic carbocycles. The van der Waals surface area contributed by atoms with Gasteiger partial charge in [-0.25, -0.2) is 0 Å². The van der Waals surface area contributed by atoms with Gasteiger partial charge in [0.05, 0.1) is 17.9 Å². The van der Waals surface area contributed by atoms with Gasteiger partial charge in [-0.1, -0.05) is 27.7 Å². The molecule has 0 spiro atoms. The zero-order chi connectivity index (χ0) is 13.1. The van der Waals surface area contributed by atoms with E-state index in [1.165, 1.54) is 0 Å². The lowest BCUT2D eigenvalue weighted by Crippen LogP contribution is -2.36. The first-order chi connectivity index (χ1) is 7.82. The van der Waals surface area contributed by atoms with Gasteiger partial charge in [0.25, 0.3) is 0 Å². The topological polar surface area (TPSA) is 68.0 Å². The van der Waals surface area contributed by atoms with Gasteiger partial charge in [-0.2, -0.15) is 0 Å². The number of aromatic nitrogens is 1. The fraction of sp³-hybridized carbons (Fsp3) is 0.538. The van der Waals surface area contributed by atoms with Gasteiger partial charge < -0.3 is 11.1 Å². The third kappa shape index (κ3) is 3.73. The van der Waals surface area contributed by atoms with Crippen molar-refractivity contribution in [1.82, 2.24) is 10.3 Å². The quantitative estimate of drug-likeness (QED) is 0.841. The van der Waals surface area contributed by atoms with Crippen LogP contribution in [-0.4, -0.2) is 10.9 Å². The van der Waals surface area contributed by atoms with E-state index in [0.29, 0.717) is 17.9 Å². The maximum absolute atomic E-state index is 11.9. The van der Waals surface area contributed by atoms with Gasteiger partial charge in [0.15, 0.2) is 0 Å². The second-order valence-corrected chi connectivity index (χ2v) is 5.34. The van der Waals surface area contributed by atoms with Crippen LogP contribution in [0.5, 0.6) is 0 Å². The number of carbonyl (C=O) groups is 1. The average molecular weight is 235 g/mol. The Kier molecular flexibility index (Phi) is 4.10. The molecule has 0 aliphatic heterocycles. The van der Waals surface area contributed by atoms with E-state index in [1.807, 2.05) is 27.7 Å². The van der Waals surface area contributed by atoms with Crippen LogP contribution in [0.25, 0.3) is 0 Å². The molecule has 0 aliphatic carbocycles. The van der Waals surface area contributed by atoms with Crippen molar-refractivity contribution in [2.45, 2.75) is 34.2 Å². The van der Waals surface area contributed by atoms with Gasteiger partial charge in [0, 0.05) is 12.1 Å². The van der Waals surface area contributed by atoms with Gasteiger partial charge in [-0.05, 0) is 17.5 Å². The number of rotatable bonds is 3. The summed E-state index contributed by atoms with van der Waals surface area (Å²) < 4.78 is 0. The minimum atomic E-state index is -0.0487. The van der Waals surface area contributed by atoms with Crippen LogP contribution in [0, 0.1) is 11.3 Å². The summed E-state index contributed by atoms with van der Waals surface area (Å²) >= 11 is 0. The second-order valence-electron chi connectivity index (χ2n) is 5.34. The Bertz CT molecular complexity index is 396. The largest absolute Gasteiger partial charge is 0.397 e. The second kappa shape index (κ2) is 5.17. The number of carbonyl (C=O) groups excluding carboxylic acids is 1. The molecule has 1 unspecified atom stereocenters. The minimum Gasteiger partial charge on any atom is -0.397 e. The molecular weight excluding hydrogens is 214 g/mol. The van der Waals surface area contributed by atoms with E-state index in [-0.39, 0.29) is 17.2 Å². The molecule has 0 fully saturated rings. The van der Waals surface area contributed by atoms with Crippen molar-refractivity contribution in [2.75, 3.05) is 5.73 Å². The third-order valence-electron chi connectivity index (χ3n) is 3.05. The molecule has 1 atom stereocenters. The smallest absolute Gasteiger partial charge is 0.223 e. The molecule has 94 valence electrons. The van der Waals surface area contributed by atoms with Crippen LogP contribution in [0.1, 0.15) is 33.4 Å². The molecule has 1 rings (SSSR count). The first kappa shape index (κ1) is 13.5. The zero-order valence-electron chi connectivity index (χ0n) is 10.9. The highest BCUT2D eigenvalue weighted by Gasteiger charge is 2.26. The summed E-state index contributed by atoms with van der Waals surface area (Å²) in [5.74, 6) is -0.0185. The van der Waals surface area contributed by atoms with Gasteiger partial charge in [-0.3, -0.25) is 9.78 Å². The number of nitrogens with zero attached hydrogens (tertiary/aromatic N) is 1. The predicted molar refractivity (Wildman–Crippen MR) is 69.1 cm³/mol. The molecule has 0 aliphatic rings. The molecule has 4 heteroatoms. The Morgan fingerprint density at radius 1 is 1.53 bits per heavy atom. The summed E-state index contributed by atoms with van der Waals surface area (Å²) in [4.78, 5) is 16.0. The van der Waals surface area contributed by atoms with E-state index in [2.05, 4.69) is 10.3 Å². The van der Waals surface area contributed by atoms with Gasteiger partial charge in [0.2, 0.25) is 5.91 Å². The lowest BCUT2D eigenvalue weighted by Gasteiger charge is -2.26. The number of hydrogen-bond acceptors (Lipinski definition) is 3. The molecule has 0 saturated heterocycles. The standard InChI is InChI=1S/C13H21N3O/c1-9(13(2,3)4)12(17)16-8-11-10(14)6-5-7-15-11/h5-7,9H,8,14H2,1-4H3,(H,16,17). The molecule has 1 heterocycles. The minimum absolute atomic E-state index is 0.0301. The number of nitrogens with one attached hydrogen (secondary N) is 1. The lowest BCUT2D eigenvalue weighted by atomic mass is 9.81. The van der Waals surface area contributed by atoms with E-state index < -0.39 is 0 Å². The maximum Gasteiger partial charge on any atom is 0.223 e. The van der Waals surface area contributed by atoms with Crippen LogP contribution in [0.15, 0.2) is 18.3 Å². The highest BCUT2D eigenvalue weighted by molar-refractivity contribution is 5.79. The van der Waals surface area contributed by atoms with Crippen LogP contribution in [0.2, 0.25) is 0 Å². The van der Waals surface area contributed by atoms with Crippen molar-refractivity contribution in [3.8, 4) is 0 Å². The average Bonchev–Trinajstić information content (AvgIpc) is 2.25. The molecule has 1 amide bonds. The van der Waals surface area contributed by atoms with Crippen LogP contribution in [0.4, 0.5) is 5.69 Å². The fourth-order valence-corrected chi connectivity index (χ4v) is 1.32. The van der Waals surface area contributed by atoms with Crippen molar-refractivity contribution in [3.63, 3.8) is 0 Å². The normalized spacial score (nSPS) is 13.2. The maximum atomic E-state index is 11.9. The van der Waals surface area contributed by atoms with Crippen LogP contribution in [-0.2, 0) is 11.3 Å². The van der Waals surface area contributed by atoms with Crippen LogP contribution < -0.4 is 11.1 Å².